The number of rotatable bonds is 0. The van der Waals surface area contributed by atoms with Crippen molar-refractivity contribution in [1.82, 2.24) is 4.90 Å². The highest BCUT2D eigenvalue weighted by Crippen LogP contribution is 2.13. The van der Waals surface area contributed by atoms with Crippen molar-refractivity contribution in [2.24, 2.45) is 0 Å². The molecule has 0 aromatic rings. The van der Waals surface area contributed by atoms with Gasteiger partial charge >= 0.3 is 6.09 Å². The average Bonchev–Trinajstić information content (AvgIpc) is 2.26. The molecule has 0 aliphatic carbocycles. The SMILES string of the molecule is BC1=CCN(C(=O)OC(C)(C)C)CCC1. The number of hydrogen-bond acceptors (Lipinski definition) is 2. The molecule has 1 aliphatic rings. The Morgan fingerprint density at radius 1 is 1.53 bits per heavy atom. The second kappa shape index (κ2) is 4.73. The van der Waals surface area contributed by atoms with E-state index in [1.165, 1.54) is 5.47 Å². The van der Waals surface area contributed by atoms with E-state index in [-0.39, 0.29) is 6.09 Å². The van der Waals surface area contributed by atoms with Crippen LogP contribution in [0.25, 0.3) is 0 Å². The van der Waals surface area contributed by atoms with Crippen LogP contribution >= 0.6 is 0 Å². The summed E-state index contributed by atoms with van der Waals surface area (Å²) in [4.78, 5) is 13.5. The van der Waals surface area contributed by atoms with Gasteiger partial charge in [-0.15, -0.1) is 5.47 Å². The van der Waals surface area contributed by atoms with Gasteiger partial charge in [0.2, 0.25) is 0 Å². The minimum Gasteiger partial charge on any atom is -0.444 e. The summed E-state index contributed by atoms with van der Waals surface area (Å²) in [5.41, 5.74) is 0.961. The second-order valence-electron chi connectivity index (χ2n) is 5.08. The Hall–Kier alpha value is -0.925. The van der Waals surface area contributed by atoms with Gasteiger partial charge in [0.25, 0.3) is 0 Å². The van der Waals surface area contributed by atoms with E-state index < -0.39 is 5.60 Å². The predicted molar refractivity (Wildman–Crippen MR) is 63.7 cm³/mol. The van der Waals surface area contributed by atoms with Crippen molar-refractivity contribution in [1.29, 1.82) is 0 Å². The molecular formula is C11H20BNO2. The van der Waals surface area contributed by atoms with Gasteiger partial charge in [-0.25, -0.2) is 4.79 Å². The van der Waals surface area contributed by atoms with Gasteiger partial charge in [-0.05, 0) is 33.6 Å². The molecule has 0 atom stereocenters. The quantitative estimate of drug-likeness (QED) is 0.566. The van der Waals surface area contributed by atoms with E-state index in [9.17, 15) is 4.79 Å². The number of ether oxygens (including phenoxy) is 1. The predicted octanol–water partition coefficient (Wildman–Crippen LogP) is 1.53. The fraction of sp³-hybridized carbons (Fsp3) is 0.727. The van der Waals surface area contributed by atoms with Gasteiger partial charge in [0, 0.05) is 13.1 Å². The standard InChI is InChI=1S/C11H20BNO2/c1-11(2,3)15-10(14)13-7-4-5-9(12)6-8-13/h6H,4-5,7-8,12H2,1-3H3. The summed E-state index contributed by atoms with van der Waals surface area (Å²) in [6.07, 6.45) is 4.02. The lowest BCUT2D eigenvalue weighted by Gasteiger charge is -2.25. The minimum atomic E-state index is -0.401. The van der Waals surface area contributed by atoms with E-state index in [2.05, 4.69) is 13.9 Å². The van der Waals surface area contributed by atoms with Crippen molar-refractivity contribution in [3.63, 3.8) is 0 Å². The molecule has 0 saturated heterocycles. The Balaban J connectivity index is 2.53. The molecule has 0 unspecified atom stereocenters. The highest BCUT2D eigenvalue weighted by molar-refractivity contribution is 6.21. The van der Waals surface area contributed by atoms with Crippen LogP contribution in [0, 0.1) is 0 Å². The van der Waals surface area contributed by atoms with Gasteiger partial charge in [0.1, 0.15) is 13.4 Å². The van der Waals surface area contributed by atoms with Crippen LogP contribution in [0.2, 0.25) is 0 Å². The fourth-order valence-corrected chi connectivity index (χ4v) is 1.50. The maximum Gasteiger partial charge on any atom is 0.410 e. The Kier molecular flexibility index (Phi) is 3.83. The number of hydrogen-bond donors (Lipinski definition) is 0. The van der Waals surface area contributed by atoms with E-state index in [1.807, 2.05) is 20.8 Å². The Labute approximate surface area is 92.9 Å². The van der Waals surface area contributed by atoms with Crippen LogP contribution in [0.5, 0.6) is 0 Å². The molecule has 15 heavy (non-hydrogen) atoms. The van der Waals surface area contributed by atoms with Crippen molar-refractivity contribution in [3.05, 3.63) is 11.5 Å². The van der Waals surface area contributed by atoms with E-state index in [4.69, 9.17) is 4.74 Å². The van der Waals surface area contributed by atoms with Gasteiger partial charge in [0.05, 0.1) is 0 Å². The minimum absolute atomic E-state index is 0.201. The van der Waals surface area contributed by atoms with Crippen LogP contribution in [-0.4, -0.2) is 37.5 Å². The largest absolute Gasteiger partial charge is 0.444 e. The molecule has 0 radical (unpaired) electrons. The highest BCUT2D eigenvalue weighted by Gasteiger charge is 2.21. The third-order valence-corrected chi connectivity index (χ3v) is 2.31. The van der Waals surface area contributed by atoms with Gasteiger partial charge in [0.15, 0.2) is 0 Å². The smallest absolute Gasteiger partial charge is 0.410 e. The van der Waals surface area contributed by atoms with Crippen molar-refractivity contribution in [3.8, 4) is 0 Å². The van der Waals surface area contributed by atoms with Crippen molar-refractivity contribution in [2.75, 3.05) is 13.1 Å². The van der Waals surface area contributed by atoms with E-state index in [1.54, 1.807) is 4.90 Å². The van der Waals surface area contributed by atoms with Crippen LogP contribution in [0.15, 0.2) is 11.5 Å². The maximum atomic E-state index is 11.7. The lowest BCUT2D eigenvalue weighted by molar-refractivity contribution is 0.0273. The molecule has 1 heterocycles. The van der Waals surface area contributed by atoms with Gasteiger partial charge in [-0.2, -0.15) is 0 Å². The van der Waals surface area contributed by atoms with Crippen LogP contribution in [-0.2, 0) is 4.74 Å². The van der Waals surface area contributed by atoms with Crippen molar-refractivity contribution in [2.45, 2.75) is 39.2 Å². The van der Waals surface area contributed by atoms with Gasteiger partial charge < -0.3 is 9.64 Å². The summed E-state index contributed by atoms with van der Waals surface area (Å²) in [7, 11) is 2.11. The summed E-state index contributed by atoms with van der Waals surface area (Å²) in [5.74, 6) is 0. The number of allylic oxidation sites excluding steroid dienone is 1. The molecule has 0 bridgehead atoms. The first-order valence-corrected chi connectivity index (χ1v) is 5.52. The molecule has 0 fully saturated rings. The molecule has 0 saturated carbocycles. The summed E-state index contributed by atoms with van der Waals surface area (Å²) in [6, 6.07) is 0. The van der Waals surface area contributed by atoms with E-state index in [0.29, 0.717) is 6.54 Å². The summed E-state index contributed by atoms with van der Waals surface area (Å²) >= 11 is 0. The van der Waals surface area contributed by atoms with Crippen LogP contribution < -0.4 is 0 Å². The monoisotopic (exact) mass is 209 g/mol. The lowest BCUT2D eigenvalue weighted by atomic mass is 9.91. The number of carbonyl (C=O) groups excluding carboxylic acids is 1. The van der Waals surface area contributed by atoms with Crippen molar-refractivity contribution < 1.29 is 9.53 Å². The van der Waals surface area contributed by atoms with Crippen LogP contribution in [0.4, 0.5) is 4.79 Å². The molecule has 84 valence electrons. The molecule has 0 aromatic heterocycles. The summed E-state index contributed by atoms with van der Waals surface area (Å²) in [6.45, 7) is 7.15. The molecule has 0 N–H and O–H groups in total. The zero-order valence-corrected chi connectivity index (χ0v) is 10.2. The first-order valence-electron chi connectivity index (χ1n) is 5.52. The Morgan fingerprint density at radius 3 is 2.80 bits per heavy atom. The molecule has 3 nitrogen and oxygen atoms in total. The average molecular weight is 209 g/mol. The zero-order valence-electron chi connectivity index (χ0n) is 10.2. The molecule has 0 spiro atoms. The highest BCUT2D eigenvalue weighted by atomic mass is 16.6. The first kappa shape index (κ1) is 12.1. The summed E-state index contributed by atoms with van der Waals surface area (Å²) in [5, 5.41) is 0. The zero-order chi connectivity index (χ0) is 11.5. The van der Waals surface area contributed by atoms with Crippen LogP contribution in [0.1, 0.15) is 33.6 Å². The summed E-state index contributed by atoms with van der Waals surface area (Å²) < 4.78 is 5.33. The van der Waals surface area contributed by atoms with Gasteiger partial charge in [-0.3, -0.25) is 0 Å². The fourth-order valence-electron chi connectivity index (χ4n) is 1.50. The Bertz CT molecular complexity index is 268. The Morgan fingerprint density at radius 2 is 2.20 bits per heavy atom. The topological polar surface area (TPSA) is 29.5 Å². The second-order valence-corrected chi connectivity index (χ2v) is 5.08. The number of carbonyl (C=O) groups is 1. The molecular weight excluding hydrogens is 189 g/mol. The van der Waals surface area contributed by atoms with Gasteiger partial charge in [-0.1, -0.05) is 6.08 Å². The number of amides is 1. The van der Waals surface area contributed by atoms with E-state index in [0.717, 1.165) is 19.4 Å². The molecule has 4 heteroatoms. The lowest BCUT2D eigenvalue weighted by Crippen LogP contribution is -2.37. The molecule has 1 amide bonds. The maximum absolute atomic E-state index is 11.7. The molecule has 1 aliphatic heterocycles. The normalized spacial score (nSPS) is 18.1. The third kappa shape index (κ3) is 4.41. The third-order valence-electron chi connectivity index (χ3n) is 2.31. The van der Waals surface area contributed by atoms with E-state index >= 15 is 0 Å². The molecule has 1 rings (SSSR count). The first-order chi connectivity index (χ1) is 6.88. The number of nitrogens with zero attached hydrogens (tertiary/aromatic N) is 1. The van der Waals surface area contributed by atoms with Crippen LogP contribution in [0.3, 0.4) is 0 Å². The van der Waals surface area contributed by atoms with Crippen molar-refractivity contribution >= 4 is 13.9 Å². The molecule has 0 aromatic carbocycles.